The maximum Gasteiger partial charge on any atom is 0.285 e. The summed E-state index contributed by atoms with van der Waals surface area (Å²) in [6, 6.07) is 8.91. The second-order valence-corrected chi connectivity index (χ2v) is 5.45. The molecule has 2 amide bonds. The molecule has 0 unspecified atom stereocenters. The molecule has 2 rings (SSSR count). The third-order valence-electron chi connectivity index (χ3n) is 3.51. The van der Waals surface area contributed by atoms with Crippen molar-refractivity contribution in [3.63, 3.8) is 0 Å². The molecule has 0 saturated heterocycles. The summed E-state index contributed by atoms with van der Waals surface area (Å²) in [5.74, 6) is -0.681. The van der Waals surface area contributed by atoms with Gasteiger partial charge in [-0.15, -0.1) is 0 Å². The third kappa shape index (κ3) is 5.00. The number of nitrogens with zero attached hydrogens (tertiary/aromatic N) is 2. The van der Waals surface area contributed by atoms with Crippen LogP contribution in [0.3, 0.4) is 0 Å². The van der Waals surface area contributed by atoms with E-state index in [0.29, 0.717) is 17.7 Å². The molecule has 0 atom stereocenters. The Kier molecular flexibility index (Phi) is 6.20. The van der Waals surface area contributed by atoms with E-state index in [0.717, 1.165) is 22.9 Å². The van der Waals surface area contributed by atoms with E-state index < -0.39 is 16.4 Å². The Morgan fingerprint density at radius 1 is 1.19 bits per heavy atom. The molecule has 0 radical (unpaired) electrons. The van der Waals surface area contributed by atoms with Crippen LogP contribution in [0, 0.1) is 10.1 Å². The molecule has 0 saturated carbocycles. The van der Waals surface area contributed by atoms with Crippen molar-refractivity contribution in [2.75, 3.05) is 6.54 Å². The molecular formula is C17H18N4O5. The number of nitrogens with one attached hydrogen (secondary N) is 2. The first-order valence-electron chi connectivity index (χ1n) is 7.89. The summed E-state index contributed by atoms with van der Waals surface area (Å²) < 4.78 is 0.971. The first kappa shape index (κ1) is 18.8. The average Bonchev–Trinajstić information content (AvgIpc) is 2.62. The molecule has 136 valence electrons. The average molecular weight is 358 g/mol. The minimum atomic E-state index is -0.638. The fourth-order valence-corrected chi connectivity index (χ4v) is 2.25. The molecule has 26 heavy (non-hydrogen) atoms. The van der Waals surface area contributed by atoms with Gasteiger partial charge in [0.15, 0.2) is 0 Å². The van der Waals surface area contributed by atoms with E-state index in [1.807, 2.05) is 6.92 Å². The first-order chi connectivity index (χ1) is 12.4. The van der Waals surface area contributed by atoms with Crippen molar-refractivity contribution in [1.29, 1.82) is 0 Å². The van der Waals surface area contributed by atoms with Crippen LogP contribution in [-0.2, 0) is 17.9 Å². The van der Waals surface area contributed by atoms with E-state index in [1.54, 1.807) is 24.3 Å². The number of pyridine rings is 1. The summed E-state index contributed by atoms with van der Waals surface area (Å²) in [6.45, 7) is 2.15. The van der Waals surface area contributed by atoms with Gasteiger partial charge >= 0.3 is 0 Å². The maximum absolute atomic E-state index is 12.0. The monoisotopic (exact) mass is 358 g/mol. The molecule has 0 bridgehead atoms. The lowest BCUT2D eigenvalue weighted by molar-refractivity contribution is -0.385. The van der Waals surface area contributed by atoms with Gasteiger partial charge in [0.2, 0.25) is 5.91 Å². The fourth-order valence-electron chi connectivity index (χ4n) is 2.25. The van der Waals surface area contributed by atoms with Crippen molar-refractivity contribution in [3.05, 3.63) is 74.2 Å². The number of amides is 2. The summed E-state index contributed by atoms with van der Waals surface area (Å²) in [5.41, 5.74) is 0.415. The van der Waals surface area contributed by atoms with E-state index in [4.69, 9.17) is 0 Å². The zero-order chi connectivity index (χ0) is 19.1. The van der Waals surface area contributed by atoms with Gasteiger partial charge in [0.1, 0.15) is 6.54 Å². The molecule has 0 spiro atoms. The number of hydrogen-bond donors (Lipinski definition) is 2. The van der Waals surface area contributed by atoms with Crippen LogP contribution in [0.4, 0.5) is 5.69 Å². The van der Waals surface area contributed by atoms with Crippen LogP contribution < -0.4 is 16.2 Å². The SMILES string of the molecule is CCNC(=O)c1cccc(CNC(=O)Cn2cc([N+](=O)[O-])ccc2=O)c1. The van der Waals surface area contributed by atoms with Gasteiger partial charge in [-0.3, -0.25) is 29.1 Å². The largest absolute Gasteiger partial charge is 0.352 e. The summed E-state index contributed by atoms with van der Waals surface area (Å²) >= 11 is 0. The Morgan fingerprint density at radius 3 is 2.65 bits per heavy atom. The van der Waals surface area contributed by atoms with Crippen LogP contribution in [0.25, 0.3) is 0 Å². The lowest BCUT2D eigenvalue weighted by Crippen LogP contribution is -2.31. The highest BCUT2D eigenvalue weighted by molar-refractivity contribution is 5.94. The molecule has 1 aromatic carbocycles. The zero-order valence-corrected chi connectivity index (χ0v) is 14.1. The van der Waals surface area contributed by atoms with Gasteiger partial charge in [-0.05, 0) is 24.6 Å². The highest BCUT2D eigenvalue weighted by Gasteiger charge is 2.11. The second kappa shape index (κ2) is 8.56. The van der Waals surface area contributed by atoms with Crippen molar-refractivity contribution in [2.24, 2.45) is 0 Å². The van der Waals surface area contributed by atoms with E-state index in [2.05, 4.69) is 10.6 Å². The predicted molar refractivity (Wildman–Crippen MR) is 93.7 cm³/mol. The molecule has 2 aromatic rings. The van der Waals surface area contributed by atoms with Gasteiger partial charge in [0, 0.05) is 30.8 Å². The predicted octanol–water partition coefficient (Wildman–Crippen LogP) is 0.823. The van der Waals surface area contributed by atoms with E-state index in [9.17, 15) is 24.5 Å². The minimum Gasteiger partial charge on any atom is -0.352 e. The zero-order valence-electron chi connectivity index (χ0n) is 14.1. The number of rotatable bonds is 7. The van der Waals surface area contributed by atoms with Gasteiger partial charge in [-0.2, -0.15) is 0 Å². The Hall–Kier alpha value is -3.49. The molecule has 9 nitrogen and oxygen atoms in total. The Bertz CT molecular complexity index is 891. The number of nitro groups is 1. The highest BCUT2D eigenvalue weighted by atomic mass is 16.6. The molecule has 2 N–H and O–H groups in total. The lowest BCUT2D eigenvalue weighted by Gasteiger charge is -2.09. The van der Waals surface area contributed by atoms with Crippen LogP contribution in [-0.4, -0.2) is 27.8 Å². The number of aromatic nitrogens is 1. The number of hydrogen-bond acceptors (Lipinski definition) is 5. The topological polar surface area (TPSA) is 123 Å². The quantitative estimate of drug-likeness (QED) is 0.560. The molecule has 0 fully saturated rings. The van der Waals surface area contributed by atoms with Crippen molar-refractivity contribution in [2.45, 2.75) is 20.0 Å². The summed E-state index contributed by atoms with van der Waals surface area (Å²) in [6.07, 6.45) is 1.03. The van der Waals surface area contributed by atoms with Gasteiger partial charge in [0.05, 0.1) is 11.1 Å². The summed E-state index contributed by atoms with van der Waals surface area (Å²) in [7, 11) is 0. The Morgan fingerprint density at radius 2 is 1.96 bits per heavy atom. The van der Waals surface area contributed by atoms with Crippen LogP contribution in [0.5, 0.6) is 0 Å². The smallest absolute Gasteiger partial charge is 0.285 e. The summed E-state index contributed by atoms with van der Waals surface area (Å²) in [5, 5.41) is 16.1. The van der Waals surface area contributed by atoms with Gasteiger partial charge in [-0.25, -0.2) is 0 Å². The third-order valence-corrected chi connectivity index (χ3v) is 3.51. The molecule has 1 aromatic heterocycles. The van der Waals surface area contributed by atoms with Crippen LogP contribution >= 0.6 is 0 Å². The van der Waals surface area contributed by atoms with Gasteiger partial charge in [0.25, 0.3) is 17.2 Å². The number of carbonyl (C=O) groups is 2. The van der Waals surface area contributed by atoms with Crippen molar-refractivity contribution >= 4 is 17.5 Å². The first-order valence-corrected chi connectivity index (χ1v) is 7.89. The molecule has 1 heterocycles. The highest BCUT2D eigenvalue weighted by Crippen LogP contribution is 2.07. The lowest BCUT2D eigenvalue weighted by atomic mass is 10.1. The van der Waals surface area contributed by atoms with Crippen LogP contribution in [0.15, 0.2) is 47.4 Å². The van der Waals surface area contributed by atoms with Crippen molar-refractivity contribution in [1.82, 2.24) is 15.2 Å². The molecule has 0 aliphatic heterocycles. The minimum absolute atomic E-state index is 0.162. The summed E-state index contributed by atoms with van der Waals surface area (Å²) in [4.78, 5) is 45.6. The van der Waals surface area contributed by atoms with Crippen LogP contribution in [0.2, 0.25) is 0 Å². The number of carbonyl (C=O) groups excluding carboxylic acids is 2. The molecule has 0 aliphatic rings. The van der Waals surface area contributed by atoms with Crippen LogP contribution in [0.1, 0.15) is 22.8 Å². The van der Waals surface area contributed by atoms with E-state index in [-0.39, 0.29) is 24.7 Å². The standard InChI is InChI=1S/C17H18N4O5/c1-2-18-17(24)13-5-3-4-12(8-13)9-19-15(22)11-20-10-14(21(25)26)6-7-16(20)23/h3-8,10H,2,9,11H2,1H3,(H,18,24)(H,19,22). The molecule has 0 aliphatic carbocycles. The Labute approximate surface area is 148 Å². The van der Waals surface area contributed by atoms with Crippen molar-refractivity contribution in [3.8, 4) is 0 Å². The second-order valence-electron chi connectivity index (χ2n) is 5.45. The van der Waals surface area contributed by atoms with Gasteiger partial charge in [-0.1, -0.05) is 12.1 Å². The van der Waals surface area contributed by atoms with E-state index in [1.165, 1.54) is 0 Å². The Balaban J connectivity index is 2.00. The van der Waals surface area contributed by atoms with E-state index >= 15 is 0 Å². The van der Waals surface area contributed by atoms with Crippen molar-refractivity contribution < 1.29 is 14.5 Å². The molecule has 9 heteroatoms. The maximum atomic E-state index is 12.0. The molecular weight excluding hydrogens is 340 g/mol. The number of benzene rings is 1. The van der Waals surface area contributed by atoms with Gasteiger partial charge < -0.3 is 10.6 Å². The fraction of sp³-hybridized carbons (Fsp3) is 0.235. The normalized spacial score (nSPS) is 10.2.